The van der Waals surface area contributed by atoms with Gasteiger partial charge in [0.1, 0.15) is 0 Å². The average molecular weight is 113 g/mol. The van der Waals surface area contributed by atoms with Crippen LogP contribution in [0.2, 0.25) is 0 Å². The standard InChI is InChI=1S/C6H11N2/c1-3-5-7-8-6-4-2/h3-4,7H,1-2,5-6H2/i5+2. The van der Waals surface area contributed by atoms with Crippen LogP contribution in [0.15, 0.2) is 25.3 Å². The Morgan fingerprint density at radius 1 is 1.62 bits per heavy atom. The molecular formula is C6H11N2. The van der Waals surface area contributed by atoms with Crippen LogP contribution in [0.1, 0.15) is 0 Å². The molecule has 0 fully saturated rings. The highest BCUT2D eigenvalue weighted by atomic mass is 15.6. The lowest BCUT2D eigenvalue weighted by Gasteiger charge is -1.94. The molecule has 0 aromatic rings. The average Bonchev–Trinajstić information content (AvgIpc) is 1.81. The predicted octanol–water partition coefficient (Wildman–Crippen LogP) is 0.467. The summed E-state index contributed by atoms with van der Waals surface area (Å²) in [6.07, 6.45) is 3.49. The lowest BCUT2D eigenvalue weighted by molar-refractivity contribution is 0.596. The molecule has 0 aliphatic rings. The third-order valence-corrected chi connectivity index (χ3v) is 0.568. The Labute approximate surface area is 50.3 Å². The van der Waals surface area contributed by atoms with E-state index in [4.69, 9.17) is 0 Å². The number of hydrogen-bond donors (Lipinski definition) is 1. The summed E-state index contributed by atoms with van der Waals surface area (Å²) < 4.78 is 0. The van der Waals surface area contributed by atoms with Gasteiger partial charge in [0.15, 0.2) is 0 Å². The Balaban J connectivity index is 2.71. The second-order valence-electron chi connectivity index (χ2n) is 1.28. The van der Waals surface area contributed by atoms with E-state index in [9.17, 15) is 0 Å². The fraction of sp³-hybridized carbons (Fsp3) is 0.333. The zero-order valence-corrected chi connectivity index (χ0v) is 4.93. The van der Waals surface area contributed by atoms with E-state index in [0.717, 1.165) is 6.54 Å². The minimum atomic E-state index is 0.661. The molecule has 0 saturated heterocycles. The number of nitrogens with one attached hydrogen (secondary N) is 1. The Morgan fingerprint density at radius 3 is 2.88 bits per heavy atom. The molecule has 0 bridgehead atoms. The smallest absolute Gasteiger partial charge is 0.0482 e. The highest BCUT2D eigenvalue weighted by molar-refractivity contribution is 4.71. The summed E-state index contributed by atoms with van der Waals surface area (Å²) in [6.45, 7) is 8.40. The highest BCUT2D eigenvalue weighted by Crippen LogP contribution is 1.59. The van der Waals surface area contributed by atoms with E-state index in [0.29, 0.717) is 6.54 Å². The van der Waals surface area contributed by atoms with E-state index in [2.05, 4.69) is 24.0 Å². The van der Waals surface area contributed by atoms with Crippen LogP contribution in [0, 0.1) is 0 Å². The Bertz CT molecular complexity index is 58.9. The molecule has 0 aliphatic carbocycles. The summed E-state index contributed by atoms with van der Waals surface area (Å²) in [6, 6.07) is 0. The molecule has 0 saturated carbocycles. The van der Waals surface area contributed by atoms with Crippen molar-refractivity contribution in [2.24, 2.45) is 0 Å². The summed E-state index contributed by atoms with van der Waals surface area (Å²) in [5.74, 6) is 0. The van der Waals surface area contributed by atoms with Gasteiger partial charge in [0.05, 0.1) is 0 Å². The van der Waals surface area contributed by atoms with Gasteiger partial charge in [0.2, 0.25) is 0 Å². The minimum Gasteiger partial charge on any atom is -0.236 e. The summed E-state index contributed by atoms with van der Waals surface area (Å²) in [5.41, 5.74) is 6.61. The maximum absolute atomic E-state index is 3.84. The summed E-state index contributed by atoms with van der Waals surface area (Å²) in [4.78, 5) is 0. The van der Waals surface area contributed by atoms with Crippen molar-refractivity contribution in [3.05, 3.63) is 25.3 Å². The van der Waals surface area contributed by atoms with Gasteiger partial charge in [-0.1, -0.05) is 12.2 Å². The van der Waals surface area contributed by atoms with Crippen LogP contribution in [0.3, 0.4) is 0 Å². The molecule has 0 atom stereocenters. The summed E-state index contributed by atoms with van der Waals surface area (Å²) in [7, 11) is 0. The Morgan fingerprint density at radius 2 is 2.38 bits per heavy atom. The molecule has 0 aromatic heterocycles. The van der Waals surface area contributed by atoms with Crippen molar-refractivity contribution in [3.8, 4) is 0 Å². The van der Waals surface area contributed by atoms with Crippen LogP contribution in [-0.2, 0) is 0 Å². The third-order valence-electron chi connectivity index (χ3n) is 0.568. The second-order valence-corrected chi connectivity index (χ2v) is 1.28. The first-order chi connectivity index (χ1) is 3.91. The minimum absolute atomic E-state index is 0.661. The molecule has 0 unspecified atom stereocenters. The van der Waals surface area contributed by atoms with Gasteiger partial charge in [-0.3, -0.25) is 0 Å². The zero-order valence-electron chi connectivity index (χ0n) is 4.93. The van der Waals surface area contributed by atoms with Gasteiger partial charge in [-0.15, -0.1) is 13.2 Å². The lowest BCUT2D eigenvalue weighted by atomic mass is 10.7. The van der Waals surface area contributed by atoms with Gasteiger partial charge in [-0.05, 0) is 0 Å². The maximum atomic E-state index is 3.84. The topological polar surface area (TPSA) is 26.1 Å². The van der Waals surface area contributed by atoms with Gasteiger partial charge in [0, 0.05) is 13.1 Å². The maximum Gasteiger partial charge on any atom is 0.0482 e. The SMILES string of the molecule is C=CC[N]N[14CH2]C=C. The molecule has 0 amide bonds. The van der Waals surface area contributed by atoms with Crippen molar-refractivity contribution in [1.82, 2.24) is 10.9 Å². The van der Waals surface area contributed by atoms with Crippen LogP contribution in [0.5, 0.6) is 0 Å². The van der Waals surface area contributed by atoms with E-state index in [-0.39, 0.29) is 0 Å². The molecule has 0 aliphatic heterocycles. The van der Waals surface area contributed by atoms with E-state index < -0.39 is 0 Å². The molecule has 0 heterocycles. The fourth-order valence-electron chi connectivity index (χ4n) is 0.258. The first-order valence-corrected chi connectivity index (χ1v) is 2.53. The second kappa shape index (κ2) is 6.40. The number of rotatable bonds is 5. The van der Waals surface area contributed by atoms with Crippen molar-refractivity contribution in [2.45, 2.75) is 0 Å². The molecule has 2 heteroatoms. The Kier molecular flexibility index (Phi) is 5.92. The van der Waals surface area contributed by atoms with Crippen LogP contribution in [0.4, 0.5) is 0 Å². The molecule has 0 spiro atoms. The fourth-order valence-corrected chi connectivity index (χ4v) is 0.258. The van der Waals surface area contributed by atoms with Crippen molar-refractivity contribution < 1.29 is 0 Å². The van der Waals surface area contributed by atoms with E-state index in [1.165, 1.54) is 0 Å². The number of hydrogen-bond acceptors (Lipinski definition) is 1. The van der Waals surface area contributed by atoms with E-state index in [1.54, 1.807) is 12.2 Å². The predicted molar refractivity (Wildman–Crippen MR) is 35.4 cm³/mol. The lowest BCUT2D eigenvalue weighted by Crippen LogP contribution is -2.24. The van der Waals surface area contributed by atoms with Crippen molar-refractivity contribution >= 4 is 0 Å². The van der Waals surface area contributed by atoms with Gasteiger partial charge >= 0.3 is 0 Å². The van der Waals surface area contributed by atoms with Crippen molar-refractivity contribution in [3.63, 3.8) is 0 Å². The van der Waals surface area contributed by atoms with Crippen LogP contribution in [0.25, 0.3) is 0 Å². The van der Waals surface area contributed by atoms with Gasteiger partial charge in [-0.2, -0.15) is 5.43 Å². The van der Waals surface area contributed by atoms with Crippen LogP contribution < -0.4 is 10.9 Å². The van der Waals surface area contributed by atoms with E-state index in [1.807, 2.05) is 0 Å². The van der Waals surface area contributed by atoms with E-state index >= 15 is 0 Å². The molecule has 0 aromatic carbocycles. The first kappa shape index (κ1) is 7.40. The molecule has 8 heavy (non-hydrogen) atoms. The quantitative estimate of drug-likeness (QED) is 0.313. The number of nitrogens with zero attached hydrogens (tertiary/aromatic N) is 1. The zero-order chi connectivity index (χ0) is 6.24. The third kappa shape index (κ3) is 5.40. The van der Waals surface area contributed by atoms with Crippen LogP contribution >= 0.6 is 0 Å². The molecule has 0 rings (SSSR count). The summed E-state index contributed by atoms with van der Waals surface area (Å²) in [5, 5.41) is 0. The Hall–Kier alpha value is -0.600. The molecular weight excluding hydrogens is 102 g/mol. The normalized spacial score (nSPS) is 8.50. The van der Waals surface area contributed by atoms with Crippen LogP contribution in [-0.4, -0.2) is 13.1 Å². The van der Waals surface area contributed by atoms with Crippen molar-refractivity contribution in [1.29, 1.82) is 0 Å². The molecule has 2 nitrogen and oxygen atoms in total. The molecule has 45 valence electrons. The van der Waals surface area contributed by atoms with Gasteiger partial charge in [-0.25, -0.2) is 5.43 Å². The molecule has 1 radical (unpaired) electrons. The largest absolute Gasteiger partial charge is 0.236 e. The first-order valence-electron chi connectivity index (χ1n) is 2.53. The van der Waals surface area contributed by atoms with Crippen molar-refractivity contribution in [2.75, 3.05) is 13.1 Å². The highest BCUT2D eigenvalue weighted by Gasteiger charge is 1.75. The van der Waals surface area contributed by atoms with Gasteiger partial charge < -0.3 is 0 Å². The molecule has 1 N–H and O–H groups in total. The summed E-state index contributed by atoms with van der Waals surface area (Å²) >= 11 is 0. The monoisotopic (exact) mass is 113 g/mol. The van der Waals surface area contributed by atoms with Gasteiger partial charge in [0.25, 0.3) is 0 Å².